The first-order valence-corrected chi connectivity index (χ1v) is 23.1. The second-order valence-electron chi connectivity index (χ2n) is 16.8. The van der Waals surface area contributed by atoms with Crippen LogP contribution in [0, 0.1) is 0 Å². The van der Waals surface area contributed by atoms with E-state index in [1.54, 1.807) is 0 Å². The van der Waals surface area contributed by atoms with Crippen LogP contribution in [0.4, 0.5) is 0 Å². The van der Waals surface area contributed by atoms with Crippen molar-refractivity contribution in [1.82, 2.24) is 19.5 Å². The first-order chi connectivity index (χ1) is 32.7. The van der Waals surface area contributed by atoms with Crippen molar-refractivity contribution in [2.75, 3.05) is 0 Å². The summed E-state index contributed by atoms with van der Waals surface area (Å²) in [6, 6.07) is 82.3. The van der Waals surface area contributed by atoms with E-state index in [1.807, 2.05) is 35.6 Å². The first kappa shape index (κ1) is 38.0. The van der Waals surface area contributed by atoms with Crippen LogP contribution < -0.4 is 0 Å². The van der Waals surface area contributed by atoms with Gasteiger partial charge in [0.2, 0.25) is 0 Å². The second kappa shape index (κ2) is 15.6. The van der Waals surface area contributed by atoms with E-state index in [1.165, 1.54) is 58.4 Å². The average molecular weight is 859 g/mol. The number of para-hydroxylation sites is 1. The number of hydrogen-bond acceptors (Lipinski definition) is 4. The Bertz CT molecular complexity index is 3960. The van der Waals surface area contributed by atoms with Crippen molar-refractivity contribution in [3.63, 3.8) is 0 Å². The standard InChI is InChI=1S/C61H38N4S/c1-3-14-39(15-4-1)40-26-28-41(29-27-40)42-30-32-44(33-31-42)60-62-59(43-16-5-2-6-17-43)63-61(64-60)47-34-35-54(52(37-47)49-22-13-25-57-58(49)50-21-10-12-24-56(50)66-57)65-53-23-11-9-20-48(53)51-36-45-18-7-8-19-46(45)38-55(51)65/h1-38H. The molecule has 0 amide bonds. The van der Waals surface area contributed by atoms with Crippen LogP contribution in [-0.4, -0.2) is 19.5 Å². The Labute approximate surface area is 385 Å². The highest BCUT2D eigenvalue weighted by Gasteiger charge is 2.21. The van der Waals surface area contributed by atoms with E-state index in [2.05, 4.69) is 211 Å². The Hall–Kier alpha value is -8.51. The molecule has 0 saturated carbocycles. The van der Waals surface area contributed by atoms with Gasteiger partial charge < -0.3 is 4.57 Å². The van der Waals surface area contributed by atoms with Gasteiger partial charge in [-0.3, -0.25) is 0 Å². The number of hydrogen-bond donors (Lipinski definition) is 0. The molecule has 0 aliphatic heterocycles. The van der Waals surface area contributed by atoms with Gasteiger partial charge in [-0.15, -0.1) is 11.3 Å². The average Bonchev–Trinajstić information content (AvgIpc) is 3.94. The van der Waals surface area contributed by atoms with Crippen LogP contribution in [0.3, 0.4) is 0 Å². The van der Waals surface area contributed by atoms with E-state index in [9.17, 15) is 0 Å². The minimum absolute atomic E-state index is 0.614. The predicted molar refractivity (Wildman–Crippen MR) is 277 cm³/mol. The van der Waals surface area contributed by atoms with E-state index in [-0.39, 0.29) is 0 Å². The third-order valence-corrected chi connectivity index (χ3v) is 14.0. The Kier molecular flexibility index (Phi) is 9.00. The number of benzene rings is 10. The fourth-order valence-corrected chi connectivity index (χ4v) is 10.8. The molecule has 0 fully saturated rings. The van der Waals surface area contributed by atoms with Crippen molar-refractivity contribution < 1.29 is 0 Å². The van der Waals surface area contributed by atoms with Crippen LogP contribution >= 0.6 is 11.3 Å². The fraction of sp³-hybridized carbons (Fsp3) is 0. The summed E-state index contributed by atoms with van der Waals surface area (Å²) in [7, 11) is 0. The Morgan fingerprint density at radius 3 is 1.50 bits per heavy atom. The maximum atomic E-state index is 5.28. The highest BCUT2D eigenvalue weighted by Crippen LogP contribution is 2.45. The molecule has 0 spiro atoms. The summed E-state index contributed by atoms with van der Waals surface area (Å²) in [4.78, 5) is 15.6. The first-order valence-electron chi connectivity index (χ1n) is 22.3. The molecule has 0 saturated heterocycles. The molecule has 0 aliphatic carbocycles. The summed E-state index contributed by atoms with van der Waals surface area (Å²) in [5.74, 6) is 1.86. The van der Waals surface area contributed by atoms with E-state index in [0.29, 0.717) is 17.5 Å². The van der Waals surface area contributed by atoms with Gasteiger partial charge in [-0.2, -0.15) is 0 Å². The zero-order chi connectivity index (χ0) is 43.6. The lowest BCUT2D eigenvalue weighted by Crippen LogP contribution is -2.02. The van der Waals surface area contributed by atoms with Crippen molar-refractivity contribution in [1.29, 1.82) is 0 Å². The molecule has 13 rings (SSSR count). The van der Waals surface area contributed by atoms with Crippen LogP contribution in [0.1, 0.15) is 0 Å². The molecule has 0 N–H and O–H groups in total. The minimum atomic E-state index is 0.614. The maximum absolute atomic E-state index is 5.28. The normalized spacial score (nSPS) is 11.6. The number of thiophene rings is 1. The van der Waals surface area contributed by atoms with Crippen molar-refractivity contribution in [2.45, 2.75) is 0 Å². The summed E-state index contributed by atoms with van der Waals surface area (Å²) in [5, 5.41) is 7.38. The topological polar surface area (TPSA) is 43.6 Å². The van der Waals surface area contributed by atoms with Crippen molar-refractivity contribution in [2.24, 2.45) is 0 Å². The van der Waals surface area contributed by atoms with Gasteiger partial charge in [0, 0.05) is 53.2 Å². The summed E-state index contributed by atoms with van der Waals surface area (Å²) >= 11 is 1.84. The molecular formula is C61H38N4S. The van der Waals surface area contributed by atoms with E-state index in [0.717, 1.165) is 50.1 Å². The number of fused-ring (bicyclic) bond motifs is 7. The summed E-state index contributed by atoms with van der Waals surface area (Å²) in [5.41, 5.74) is 13.1. The van der Waals surface area contributed by atoms with Crippen LogP contribution in [0.2, 0.25) is 0 Å². The molecule has 5 heteroatoms. The highest BCUT2D eigenvalue weighted by atomic mass is 32.1. The second-order valence-corrected chi connectivity index (χ2v) is 17.9. The van der Waals surface area contributed by atoms with Crippen LogP contribution in [0.15, 0.2) is 231 Å². The minimum Gasteiger partial charge on any atom is -0.309 e. The van der Waals surface area contributed by atoms with Gasteiger partial charge in [0.25, 0.3) is 0 Å². The fourth-order valence-electron chi connectivity index (χ4n) is 9.65. The highest BCUT2D eigenvalue weighted by molar-refractivity contribution is 7.25. The Balaban J connectivity index is 1.01. The summed E-state index contributed by atoms with van der Waals surface area (Å²) in [6.07, 6.45) is 0. The van der Waals surface area contributed by atoms with Gasteiger partial charge in [0.05, 0.1) is 16.7 Å². The molecular weight excluding hydrogens is 821 g/mol. The SMILES string of the molecule is c1ccc(-c2ccc(-c3ccc(-c4nc(-c5ccccc5)nc(-c5ccc(-n6c7ccccc7c7cc8ccccc8cc76)c(-c6cccc7sc8ccccc8c67)c5)n4)cc3)cc2)cc1. The van der Waals surface area contributed by atoms with Crippen molar-refractivity contribution >= 4 is 64.1 Å². The molecule has 0 unspecified atom stereocenters. The Morgan fingerprint density at radius 2 is 0.803 bits per heavy atom. The van der Waals surface area contributed by atoms with Gasteiger partial charge >= 0.3 is 0 Å². The molecule has 10 aromatic carbocycles. The lowest BCUT2D eigenvalue weighted by Gasteiger charge is -2.17. The Morgan fingerprint density at radius 1 is 0.303 bits per heavy atom. The molecule has 66 heavy (non-hydrogen) atoms. The number of aromatic nitrogens is 4. The van der Waals surface area contributed by atoms with Gasteiger partial charge in [-0.1, -0.05) is 182 Å². The van der Waals surface area contributed by atoms with Gasteiger partial charge in [-0.25, -0.2) is 15.0 Å². The smallest absolute Gasteiger partial charge is 0.164 e. The molecule has 13 aromatic rings. The molecule has 3 aromatic heterocycles. The summed E-state index contributed by atoms with van der Waals surface area (Å²) in [6.45, 7) is 0. The van der Waals surface area contributed by atoms with Crippen LogP contribution in [0.5, 0.6) is 0 Å². The predicted octanol–water partition coefficient (Wildman–Crippen LogP) is 16.5. The third kappa shape index (κ3) is 6.48. The van der Waals surface area contributed by atoms with Crippen LogP contribution in [0.25, 0.3) is 126 Å². The van der Waals surface area contributed by atoms with Gasteiger partial charge in [-0.05, 0) is 87.1 Å². The van der Waals surface area contributed by atoms with Crippen LogP contribution in [-0.2, 0) is 0 Å². The molecule has 0 aliphatic rings. The monoisotopic (exact) mass is 858 g/mol. The van der Waals surface area contributed by atoms with Gasteiger partial charge in [0.1, 0.15) is 0 Å². The van der Waals surface area contributed by atoms with Crippen molar-refractivity contribution in [3.05, 3.63) is 231 Å². The maximum Gasteiger partial charge on any atom is 0.164 e. The molecule has 0 bridgehead atoms. The number of rotatable bonds is 7. The zero-order valence-electron chi connectivity index (χ0n) is 35.6. The lowest BCUT2D eigenvalue weighted by molar-refractivity contribution is 1.07. The zero-order valence-corrected chi connectivity index (χ0v) is 36.5. The molecule has 0 radical (unpaired) electrons. The van der Waals surface area contributed by atoms with E-state index >= 15 is 0 Å². The third-order valence-electron chi connectivity index (χ3n) is 12.9. The molecule has 0 atom stereocenters. The van der Waals surface area contributed by atoms with Gasteiger partial charge in [0.15, 0.2) is 17.5 Å². The van der Waals surface area contributed by atoms with Crippen molar-refractivity contribution in [3.8, 4) is 73.2 Å². The molecule has 4 nitrogen and oxygen atoms in total. The summed E-state index contributed by atoms with van der Waals surface area (Å²) < 4.78 is 4.97. The quantitative estimate of drug-likeness (QED) is 0.160. The largest absolute Gasteiger partial charge is 0.309 e. The van der Waals surface area contributed by atoms with E-state index < -0.39 is 0 Å². The van der Waals surface area contributed by atoms with E-state index in [4.69, 9.17) is 15.0 Å². The molecule has 308 valence electrons. The number of nitrogens with zero attached hydrogens (tertiary/aromatic N) is 4. The molecule has 3 heterocycles. The lowest BCUT2D eigenvalue weighted by atomic mass is 9.95.